The lowest BCUT2D eigenvalue weighted by Gasteiger charge is -2.37. The summed E-state index contributed by atoms with van der Waals surface area (Å²) in [6, 6.07) is 3.04. The molecule has 1 aromatic rings. The van der Waals surface area contributed by atoms with Crippen LogP contribution in [0, 0.1) is 11.3 Å². The lowest BCUT2D eigenvalue weighted by molar-refractivity contribution is -0.0388. The van der Waals surface area contributed by atoms with Gasteiger partial charge in [-0.1, -0.05) is 0 Å². The average molecular weight is 423 g/mol. The number of alkyl halides is 2. The Labute approximate surface area is 174 Å². The summed E-state index contributed by atoms with van der Waals surface area (Å²) < 4.78 is 38.3. The summed E-state index contributed by atoms with van der Waals surface area (Å²) >= 11 is 0. The van der Waals surface area contributed by atoms with E-state index in [9.17, 15) is 18.8 Å². The molecular weight excluding hydrogens is 396 g/mol. The number of aromatic nitrogens is 2. The molecule has 0 atom stereocenters. The van der Waals surface area contributed by atoms with Crippen molar-refractivity contribution in [2.24, 2.45) is 0 Å². The van der Waals surface area contributed by atoms with Gasteiger partial charge in [0.25, 0.3) is 0 Å². The quantitative estimate of drug-likeness (QED) is 0.735. The minimum absolute atomic E-state index is 0.0938. The van der Waals surface area contributed by atoms with Gasteiger partial charge >= 0.3 is 6.09 Å². The van der Waals surface area contributed by atoms with Gasteiger partial charge in [-0.3, -0.25) is 4.90 Å². The molecule has 1 saturated heterocycles. The summed E-state index contributed by atoms with van der Waals surface area (Å²) in [5, 5.41) is 9.42. The van der Waals surface area contributed by atoms with Crippen LogP contribution in [0.4, 0.5) is 25.2 Å². The summed E-state index contributed by atoms with van der Waals surface area (Å²) in [6.45, 7) is 7.42. The normalized spacial score (nSPS) is 19.8. The second kappa shape index (κ2) is 8.68. The van der Waals surface area contributed by atoms with Crippen LogP contribution in [-0.4, -0.2) is 59.9 Å². The van der Waals surface area contributed by atoms with Crippen LogP contribution in [-0.2, 0) is 9.47 Å². The van der Waals surface area contributed by atoms with E-state index in [2.05, 4.69) is 9.97 Å². The SMILES string of the molecule is CC(C)(C)OC(=O)N(c1cc(N2CCOCC2)nc(C#N)n1)C1CCC(F)(F)CC1. The zero-order valence-corrected chi connectivity index (χ0v) is 17.5. The smallest absolute Gasteiger partial charge is 0.416 e. The molecule has 0 radical (unpaired) electrons. The monoisotopic (exact) mass is 423 g/mol. The van der Waals surface area contributed by atoms with Crippen LogP contribution >= 0.6 is 0 Å². The van der Waals surface area contributed by atoms with Gasteiger partial charge in [0.05, 0.1) is 13.2 Å². The van der Waals surface area contributed by atoms with Crippen LogP contribution in [0.15, 0.2) is 6.07 Å². The van der Waals surface area contributed by atoms with E-state index in [1.165, 1.54) is 4.90 Å². The van der Waals surface area contributed by atoms with Crippen molar-refractivity contribution in [3.8, 4) is 6.07 Å². The minimum atomic E-state index is -2.74. The van der Waals surface area contributed by atoms with E-state index in [0.29, 0.717) is 32.1 Å². The number of amides is 1. The third-order valence-corrected chi connectivity index (χ3v) is 5.02. The molecule has 30 heavy (non-hydrogen) atoms. The molecule has 10 heteroatoms. The van der Waals surface area contributed by atoms with Crippen molar-refractivity contribution in [2.45, 2.75) is 64.0 Å². The summed E-state index contributed by atoms with van der Waals surface area (Å²) in [6.07, 6.45) is -1.07. The Bertz CT molecular complexity index is 806. The molecule has 2 heterocycles. The Hall–Kier alpha value is -2.54. The first-order chi connectivity index (χ1) is 14.1. The lowest BCUT2D eigenvalue weighted by Crippen LogP contribution is -2.47. The Kier molecular flexibility index (Phi) is 6.41. The van der Waals surface area contributed by atoms with Gasteiger partial charge in [0.2, 0.25) is 11.7 Å². The fraction of sp³-hybridized carbons (Fsp3) is 0.700. The van der Waals surface area contributed by atoms with Gasteiger partial charge in [0.15, 0.2) is 0 Å². The molecule has 8 nitrogen and oxygen atoms in total. The maximum atomic E-state index is 13.7. The van der Waals surface area contributed by atoms with Gasteiger partial charge in [-0.05, 0) is 33.6 Å². The first kappa shape index (κ1) is 22.2. The van der Waals surface area contributed by atoms with Crippen molar-refractivity contribution >= 4 is 17.7 Å². The highest BCUT2D eigenvalue weighted by Gasteiger charge is 2.40. The second-order valence-corrected chi connectivity index (χ2v) is 8.56. The molecule has 164 valence electrons. The van der Waals surface area contributed by atoms with Crippen LogP contribution in [0.5, 0.6) is 0 Å². The molecule has 0 unspecified atom stereocenters. The van der Waals surface area contributed by atoms with E-state index in [1.54, 1.807) is 26.8 Å². The van der Waals surface area contributed by atoms with E-state index in [4.69, 9.17) is 9.47 Å². The molecule has 1 amide bonds. The van der Waals surface area contributed by atoms with E-state index in [0.717, 1.165) is 0 Å². The molecule has 1 aliphatic heterocycles. The zero-order valence-electron chi connectivity index (χ0n) is 17.5. The van der Waals surface area contributed by atoms with Crippen molar-refractivity contribution in [1.29, 1.82) is 5.26 Å². The molecule has 2 aliphatic rings. The van der Waals surface area contributed by atoms with Gasteiger partial charge in [-0.2, -0.15) is 5.26 Å². The molecule has 0 aromatic carbocycles. The Morgan fingerprint density at radius 3 is 2.50 bits per heavy atom. The summed E-state index contributed by atoms with van der Waals surface area (Å²) in [4.78, 5) is 24.8. The summed E-state index contributed by atoms with van der Waals surface area (Å²) in [5.74, 6) is -2.15. The Balaban J connectivity index is 1.97. The third kappa shape index (κ3) is 5.53. The highest BCUT2D eigenvalue weighted by atomic mass is 19.3. The molecule has 3 rings (SSSR count). The first-order valence-corrected chi connectivity index (χ1v) is 10.1. The van der Waals surface area contributed by atoms with Crippen LogP contribution in [0.3, 0.4) is 0 Å². The molecule has 0 bridgehead atoms. The minimum Gasteiger partial charge on any atom is -0.443 e. The summed E-state index contributed by atoms with van der Waals surface area (Å²) in [5.41, 5.74) is -0.772. The maximum absolute atomic E-state index is 13.7. The predicted octanol–water partition coefficient (Wildman–Crippen LogP) is 3.50. The number of ether oxygens (including phenoxy) is 2. The number of hydrogen-bond donors (Lipinski definition) is 0. The van der Waals surface area contributed by atoms with Gasteiger partial charge in [0.1, 0.15) is 23.3 Å². The second-order valence-electron chi connectivity index (χ2n) is 8.56. The van der Waals surface area contributed by atoms with Crippen LogP contribution in [0.2, 0.25) is 0 Å². The van der Waals surface area contributed by atoms with Gasteiger partial charge < -0.3 is 14.4 Å². The van der Waals surface area contributed by atoms with E-state index >= 15 is 0 Å². The molecular formula is C20H27F2N5O3. The first-order valence-electron chi connectivity index (χ1n) is 10.1. The largest absolute Gasteiger partial charge is 0.443 e. The highest BCUT2D eigenvalue weighted by Crippen LogP contribution is 2.37. The number of nitrogens with zero attached hydrogens (tertiary/aromatic N) is 5. The van der Waals surface area contributed by atoms with Crippen LogP contribution < -0.4 is 9.80 Å². The van der Waals surface area contributed by atoms with Crippen molar-refractivity contribution in [1.82, 2.24) is 9.97 Å². The Morgan fingerprint density at radius 1 is 1.30 bits per heavy atom. The number of halogens is 2. The van der Waals surface area contributed by atoms with Crippen molar-refractivity contribution < 1.29 is 23.0 Å². The van der Waals surface area contributed by atoms with E-state index in [-0.39, 0.29) is 37.3 Å². The van der Waals surface area contributed by atoms with Crippen LogP contribution in [0.1, 0.15) is 52.3 Å². The molecule has 1 saturated carbocycles. The molecule has 0 N–H and O–H groups in total. The van der Waals surface area contributed by atoms with Gasteiger partial charge in [-0.25, -0.2) is 23.5 Å². The fourth-order valence-corrected chi connectivity index (χ4v) is 3.57. The topological polar surface area (TPSA) is 91.6 Å². The number of carbonyl (C=O) groups excluding carboxylic acids is 1. The molecule has 2 fully saturated rings. The third-order valence-electron chi connectivity index (χ3n) is 5.02. The number of anilines is 2. The van der Waals surface area contributed by atoms with Gasteiger partial charge in [0, 0.05) is 38.0 Å². The van der Waals surface area contributed by atoms with Crippen molar-refractivity contribution in [3.63, 3.8) is 0 Å². The number of carbonyl (C=O) groups is 1. The van der Waals surface area contributed by atoms with Crippen molar-refractivity contribution in [3.05, 3.63) is 11.9 Å². The summed E-state index contributed by atoms with van der Waals surface area (Å²) in [7, 11) is 0. The number of morpholine rings is 1. The number of hydrogen-bond acceptors (Lipinski definition) is 7. The van der Waals surface area contributed by atoms with E-state index in [1.807, 2.05) is 11.0 Å². The number of rotatable bonds is 3. The standard InChI is InChI=1S/C20H27F2N5O3/c1-19(2,3)30-18(28)27(14-4-6-20(21,22)7-5-14)17-12-16(24-15(13-23)25-17)26-8-10-29-11-9-26/h12,14H,4-11H2,1-3H3. The number of nitriles is 1. The average Bonchev–Trinajstić information content (AvgIpc) is 2.68. The molecule has 1 aromatic heterocycles. The molecule has 1 aliphatic carbocycles. The van der Waals surface area contributed by atoms with Crippen molar-refractivity contribution in [2.75, 3.05) is 36.1 Å². The van der Waals surface area contributed by atoms with Gasteiger partial charge in [-0.15, -0.1) is 0 Å². The fourth-order valence-electron chi connectivity index (χ4n) is 3.57. The molecule has 0 spiro atoms. The van der Waals surface area contributed by atoms with Crippen LogP contribution in [0.25, 0.3) is 0 Å². The Morgan fingerprint density at radius 2 is 1.93 bits per heavy atom. The zero-order chi connectivity index (χ0) is 21.9. The maximum Gasteiger partial charge on any atom is 0.416 e. The predicted molar refractivity (Wildman–Crippen MR) is 106 cm³/mol. The highest BCUT2D eigenvalue weighted by molar-refractivity contribution is 5.88. The lowest BCUT2D eigenvalue weighted by atomic mass is 9.91. The van der Waals surface area contributed by atoms with E-state index < -0.39 is 23.7 Å².